The minimum absolute atomic E-state index is 0.0996. The van der Waals surface area contributed by atoms with Gasteiger partial charge >= 0.3 is 6.03 Å². The molecule has 25 heavy (non-hydrogen) atoms. The maximum atomic E-state index is 12.4. The van der Waals surface area contributed by atoms with Crippen LogP contribution in [0, 0.1) is 0 Å². The smallest absolute Gasteiger partial charge is 0.325 e. The van der Waals surface area contributed by atoms with E-state index in [0.29, 0.717) is 24.7 Å². The molecule has 1 aromatic heterocycles. The van der Waals surface area contributed by atoms with Crippen molar-refractivity contribution in [2.24, 2.45) is 0 Å². The van der Waals surface area contributed by atoms with Crippen LogP contribution in [0.1, 0.15) is 0 Å². The first kappa shape index (κ1) is 16.9. The van der Waals surface area contributed by atoms with E-state index >= 15 is 0 Å². The standard InChI is InChI=1S/C14H19N7O4/c15-10-3-11(18-8-17-10)19-1-2-20(6-9(22)5-19)13(24)7-21-12(23)4-16-14(21)25/h3,8-9,22H,1-2,4-7H2,(H,16,25)(H2,15,17,18). The summed E-state index contributed by atoms with van der Waals surface area (Å²) < 4.78 is 0. The van der Waals surface area contributed by atoms with E-state index in [4.69, 9.17) is 5.73 Å². The van der Waals surface area contributed by atoms with Crippen LogP contribution in [0.3, 0.4) is 0 Å². The van der Waals surface area contributed by atoms with Gasteiger partial charge in [0.05, 0.1) is 12.6 Å². The number of imide groups is 1. The van der Waals surface area contributed by atoms with Crippen molar-refractivity contribution in [3.05, 3.63) is 12.4 Å². The average Bonchev–Trinajstić information content (AvgIpc) is 2.78. The minimum atomic E-state index is -0.800. The Morgan fingerprint density at radius 3 is 2.80 bits per heavy atom. The molecule has 0 radical (unpaired) electrons. The van der Waals surface area contributed by atoms with Crippen LogP contribution in [0.5, 0.6) is 0 Å². The van der Waals surface area contributed by atoms with Crippen LogP contribution in [0.2, 0.25) is 0 Å². The number of anilines is 2. The van der Waals surface area contributed by atoms with Crippen molar-refractivity contribution in [1.82, 2.24) is 25.1 Å². The van der Waals surface area contributed by atoms with E-state index in [0.717, 1.165) is 4.90 Å². The van der Waals surface area contributed by atoms with Crippen LogP contribution < -0.4 is 16.0 Å². The second-order valence-corrected chi connectivity index (χ2v) is 5.88. The predicted octanol–water partition coefficient (Wildman–Crippen LogP) is -2.38. The number of carbonyl (C=O) groups excluding carboxylic acids is 3. The summed E-state index contributed by atoms with van der Waals surface area (Å²) in [5.41, 5.74) is 5.65. The summed E-state index contributed by atoms with van der Waals surface area (Å²) in [5, 5.41) is 12.6. The largest absolute Gasteiger partial charge is 0.389 e. The molecule has 1 unspecified atom stereocenters. The van der Waals surface area contributed by atoms with Gasteiger partial charge in [-0.25, -0.2) is 14.8 Å². The van der Waals surface area contributed by atoms with Gasteiger partial charge in [-0.15, -0.1) is 0 Å². The lowest BCUT2D eigenvalue weighted by Crippen LogP contribution is -2.45. The molecular formula is C14H19N7O4. The van der Waals surface area contributed by atoms with E-state index in [2.05, 4.69) is 15.3 Å². The summed E-state index contributed by atoms with van der Waals surface area (Å²) in [7, 11) is 0. The van der Waals surface area contributed by atoms with Crippen LogP contribution in [0.4, 0.5) is 16.4 Å². The highest BCUT2D eigenvalue weighted by molar-refractivity contribution is 6.04. The number of aliphatic hydroxyl groups is 1. The molecule has 11 heteroatoms. The predicted molar refractivity (Wildman–Crippen MR) is 86.4 cm³/mol. The molecule has 3 heterocycles. The van der Waals surface area contributed by atoms with Gasteiger partial charge in [0.15, 0.2) is 0 Å². The van der Waals surface area contributed by atoms with Gasteiger partial charge < -0.3 is 26.0 Å². The fourth-order valence-corrected chi connectivity index (χ4v) is 2.81. The van der Waals surface area contributed by atoms with Crippen molar-refractivity contribution in [3.8, 4) is 0 Å². The molecule has 11 nitrogen and oxygen atoms in total. The van der Waals surface area contributed by atoms with E-state index in [9.17, 15) is 19.5 Å². The molecule has 0 saturated carbocycles. The van der Waals surface area contributed by atoms with Crippen LogP contribution in [0.25, 0.3) is 0 Å². The lowest BCUT2D eigenvalue weighted by Gasteiger charge is -2.23. The summed E-state index contributed by atoms with van der Waals surface area (Å²) in [6.45, 7) is 0.710. The molecule has 0 bridgehead atoms. The summed E-state index contributed by atoms with van der Waals surface area (Å²) >= 11 is 0. The van der Waals surface area contributed by atoms with Crippen molar-refractivity contribution >= 4 is 29.5 Å². The number of nitrogens with one attached hydrogen (secondary N) is 1. The Balaban J connectivity index is 1.65. The van der Waals surface area contributed by atoms with Gasteiger partial charge in [-0.3, -0.25) is 14.5 Å². The number of carbonyl (C=O) groups is 3. The summed E-state index contributed by atoms with van der Waals surface area (Å²) in [6, 6.07) is 1.02. The lowest BCUT2D eigenvalue weighted by molar-refractivity contribution is -0.137. The third-order valence-corrected chi connectivity index (χ3v) is 4.08. The quantitative estimate of drug-likeness (QED) is 0.513. The number of rotatable bonds is 3. The van der Waals surface area contributed by atoms with Gasteiger partial charge in [0.2, 0.25) is 5.91 Å². The molecule has 0 aromatic carbocycles. The zero-order chi connectivity index (χ0) is 18.0. The first-order valence-corrected chi connectivity index (χ1v) is 7.80. The second-order valence-electron chi connectivity index (χ2n) is 5.88. The van der Waals surface area contributed by atoms with Crippen molar-refractivity contribution < 1.29 is 19.5 Å². The summed E-state index contributed by atoms with van der Waals surface area (Å²) in [4.78, 5) is 47.6. The number of amides is 4. The van der Waals surface area contributed by atoms with Crippen LogP contribution in [0.15, 0.2) is 12.4 Å². The maximum Gasteiger partial charge on any atom is 0.325 e. The van der Waals surface area contributed by atoms with E-state index in [1.807, 2.05) is 4.90 Å². The number of hydrogen-bond donors (Lipinski definition) is 3. The monoisotopic (exact) mass is 349 g/mol. The number of hydrogen-bond acceptors (Lipinski definition) is 8. The van der Waals surface area contributed by atoms with Gasteiger partial charge in [-0.2, -0.15) is 0 Å². The molecule has 0 spiro atoms. The molecule has 4 N–H and O–H groups in total. The number of nitrogens with two attached hydrogens (primary N) is 1. The maximum absolute atomic E-state index is 12.4. The van der Waals surface area contributed by atoms with Gasteiger partial charge in [0, 0.05) is 32.2 Å². The molecule has 4 amide bonds. The van der Waals surface area contributed by atoms with E-state index in [-0.39, 0.29) is 26.2 Å². The van der Waals surface area contributed by atoms with E-state index < -0.39 is 23.9 Å². The second kappa shape index (κ2) is 6.89. The molecule has 1 atom stereocenters. The van der Waals surface area contributed by atoms with Crippen LogP contribution in [-0.4, -0.2) is 88.1 Å². The third kappa shape index (κ3) is 3.76. The van der Waals surface area contributed by atoms with Crippen LogP contribution in [-0.2, 0) is 9.59 Å². The Hall–Kier alpha value is -2.95. The average molecular weight is 349 g/mol. The summed E-state index contributed by atoms with van der Waals surface area (Å²) in [6.07, 6.45) is 0.536. The molecule has 3 rings (SSSR count). The first-order chi connectivity index (χ1) is 11.9. The number of β-amino-alcohol motifs (C(OH)–C–C–N with tert-alkyl or cyclic N) is 1. The fourth-order valence-electron chi connectivity index (χ4n) is 2.81. The van der Waals surface area contributed by atoms with Crippen molar-refractivity contribution in [1.29, 1.82) is 0 Å². The summed E-state index contributed by atoms with van der Waals surface area (Å²) in [5.74, 6) is 0.0467. The van der Waals surface area contributed by atoms with Gasteiger partial charge in [0.25, 0.3) is 5.91 Å². The number of nitrogens with zero attached hydrogens (tertiary/aromatic N) is 5. The zero-order valence-electron chi connectivity index (χ0n) is 13.5. The fraction of sp³-hybridized carbons (Fsp3) is 0.500. The number of urea groups is 1. The minimum Gasteiger partial charge on any atom is -0.389 e. The number of aromatic nitrogens is 2. The molecule has 0 aliphatic carbocycles. The molecule has 2 aliphatic heterocycles. The van der Waals surface area contributed by atoms with Gasteiger partial charge in [0.1, 0.15) is 24.5 Å². The highest BCUT2D eigenvalue weighted by Crippen LogP contribution is 2.15. The molecule has 2 fully saturated rings. The molecule has 134 valence electrons. The van der Waals surface area contributed by atoms with Gasteiger partial charge in [-0.1, -0.05) is 0 Å². The van der Waals surface area contributed by atoms with Crippen molar-refractivity contribution in [3.63, 3.8) is 0 Å². The number of nitrogen functional groups attached to an aromatic ring is 1. The van der Waals surface area contributed by atoms with Gasteiger partial charge in [-0.05, 0) is 0 Å². The Labute approximate surface area is 143 Å². The first-order valence-electron chi connectivity index (χ1n) is 7.80. The molecule has 1 aromatic rings. The molecule has 2 aliphatic rings. The van der Waals surface area contributed by atoms with Crippen LogP contribution >= 0.6 is 0 Å². The number of aliphatic hydroxyl groups excluding tert-OH is 1. The zero-order valence-corrected chi connectivity index (χ0v) is 13.5. The molecular weight excluding hydrogens is 330 g/mol. The topological polar surface area (TPSA) is 145 Å². The molecule has 2 saturated heterocycles. The Bertz CT molecular complexity index is 682. The lowest BCUT2D eigenvalue weighted by atomic mass is 10.3. The Kier molecular flexibility index (Phi) is 4.65. The van der Waals surface area contributed by atoms with E-state index in [1.165, 1.54) is 11.2 Å². The normalized spacial score (nSPS) is 21.3. The highest BCUT2D eigenvalue weighted by atomic mass is 16.3. The SMILES string of the molecule is Nc1cc(N2CCN(C(=O)CN3C(=O)CNC3=O)CC(O)C2)ncn1. The Morgan fingerprint density at radius 2 is 2.12 bits per heavy atom. The Morgan fingerprint density at radius 1 is 1.32 bits per heavy atom. The van der Waals surface area contributed by atoms with E-state index in [1.54, 1.807) is 6.07 Å². The third-order valence-electron chi connectivity index (χ3n) is 4.08. The van der Waals surface area contributed by atoms with Crippen molar-refractivity contribution in [2.45, 2.75) is 6.10 Å². The highest BCUT2D eigenvalue weighted by Gasteiger charge is 2.33. The van der Waals surface area contributed by atoms with Crippen molar-refractivity contribution in [2.75, 3.05) is 49.9 Å².